The number of nitrogens with zero attached hydrogens (tertiary/aromatic N) is 1. The molecule has 0 radical (unpaired) electrons. The van der Waals surface area contributed by atoms with Crippen LogP contribution in [0, 0.1) is 0 Å². The molecule has 0 bridgehead atoms. The monoisotopic (exact) mass is 259 g/mol. The zero-order chi connectivity index (χ0) is 9.12. The second-order valence-corrected chi connectivity index (χ2v) is 33.0. The number of hydrogen-bond donors (Lipinski definition) is 0. The van der Waals surface area contributed by atoms with Gasteiger partial charge in [0.25, 0.3) is 0 Å². The van der Waals surface area contributed by atoms with E-state index in [4.69, 9.17) is 4.65 Å². The maximum Gasteiger partial charge on any atom is 1.00 e. The van der Waals surface area contributed by atoms with Crippen molar-refractivity contribution in [1.82, 2.24) is 0 Å². The molecule has 0 aromatic rings. The van der Waals surface area contributed by atoms with Crippen LogP contribution in [0.5, 0.6) is 0 Å². The van der Waals surface area contributed by atoms with E-state index in [2.05, 4.69) is 39.3 Å². The second kappa shape index (κ2) is 6.86. The van der Waals surface area contributed by atoms with Gasteiger partial charge in [0.05, 0.1) is 0 Å². The first-order valence-corrected chi connectivity index (χ1v) is 17.3. The summed E-state index contributed by atoms with van der Waals surface area (Å²) in [5.74, 6) is 0. The molecule has 0 aliphatic heterocycles. The maximum absolute atomic E-state index is 4.92. The molecule has 0 amide bonds. The van der Waals surface area contributed by atoms with Gasteiger partial charge in [-0.05, 0) is 0 Å². The minimum Gasteiger partial charge on any atom is -0.680 e. The molecule has 1 nitrogen and oxygen atoms in total. The average Bonchev–Trinajstić information content (AvgIpc) is 1.55. The van der Waals surface area contributed by atoms with Gasteiger partial charge in [0.15, 0.2) is 0 Å². The topological polar surface area (TPSA) is 14.1 Å². The molecule has 0 N–H and O–H groups in total. The molecule has 0 unspecified atom stereocenters. The van der Waals surface area contributed by atoms with Crippen molar-refractivity contribution in [3.05, 3.63) is 4.65 Å². The summed E-state index contributed by atoms with van der Waals surface area (Å²) in [5, 5.41) is 0. The van der Waals surface area contributed by atoms with Gasteiger partial charge in [0, 0.05) is 15.2 Å². The van der Waals surface area contributed by atoms with E-state index in [9.17, 15) is 0 Å². The number of hydrogen-bond acceptors (Lipinski definition) is 0. The fourth-order valence-corrected chi connectivity index (χ4v) is 22.6. The Morgan fingerprint density at radius 1 is 0.750 bits per heavy atom. The molecule has 12 heavy (non-hydrogen) atoms. The van der Waals surface area contributed by atoms with Gasteiger partial charge in [-0.1, -0.05) is 57.7 Å². The predicted octanol–water partition coefficient (Wildman–Crippen LogP) is -1.80. The number of rotatable bonds is 4. The van der Waals surface area contributed by atoms with Crippen molar-refractivity contribution in [2.45, 2.75) is 39.3 Å². The molecule has 0 aromatic carbocycles. The van der Waals surface area contributed by atoms with Crippen LogP contribution >= 0.6 is 0 Å². The summed E-state index contributed by atoms with van der Waals surface area (Å²) in [6, 6.07) is 0. The molecule has 0 aliphatic rings. The summed E-state index contributed by atoms with van der Waals surface area (Å²) in [5.41, 5.74) is 0. The van der Waals surface area contributed by atoms with Crippen molar-refractivity contribution >= 4 is 33.6 Å². The van der Waals surface area contributed by atoms with E-state index < -0.39 is 15.2 Å². The van der Waals surface area contributed by atoms with E-state index in [0.717, 1.165) is 0 Å². The minimum absolute atomic E-state index is 0. The molecule has 0 saturated carbocycles. The third kappa shape index (κ3) is 15.0. The third-order valence-corrected chi connectivity index (χ3v) is 14.6. The largest absolute Gasteiger partial charge is 1.00 e. The van der Waals surface area contributed by atoms with E-state index >= 15 is 0 Å². The normalized spacial score (nSPS) is 14.5. The zero-order valence-corrected chi connectivity index (χ0v) is 17.8. The fourth-order valence-electron chi connectivity index (χ4n) is 0.727. The van der Waals surface area contributed by atoms with Crippen molar-refractivity contribution in [2.24, 2.45) is 0 Å². The summed E-state index contributed by atoms with van der Waals surface area (Å²) in [4.78, 5) is 0. The Balaban J connectivity index is 0. The maximum atomic E-state index is 4.92. The SMILES string of the molecule is C[Si](C)(C)[SiH2][N-][SiH2][Si](C)(C)C.[K+]. The van der Waals surface area contributed by atoms with E-state index in [1.807, 2.05) is 0 Å². The van der Waals surface area contributed by atoms with Crippen molar-refractivity contribution < 1.29 is 51.4 Å². The molecule has 0 saturated heterocycles. The van der Waals surface area contributed by atoms with Crippen LogP contribution < -0.4 is 51.4 Å². The Morgan fingerprint density at radius 3 is 1.17 bits per heavy atom. The Hall–Kier alpha value is 2.46. The fraction of sp³-hybridized carbons (Fsp3) is 1.00. The van der Waals surface area contributed by atoms with Crippen LogP contribution in [0.15, 0.2) is 0 Å². The van der Waals surface area contributed by atoms with Gasteiger partial charge in [-0.3, -0.25) is 0 Å². The second-order valence-electron chi connectivity index (χ2n) is 5.66. The van der Waals surface area contributed by atoms with Crippen LogP contribution in [-0.2, 0) is 0 Å². The van der Waals surface area contributed by atoms with Gasteiger partial charge in [-0.15, -0.1) is 0 Å². The molecule has 0 atom stereocenters. The molecular weight excluding hydrogens is 238 g/mol. The molecule has 0 spiro atoms. The van der Waals surface area contributed by atoms with Crippen LogP contribution in [0.3, 0.4) is 0 Å². The van der Waals surface area contributed by atoms with Crippen LogP contribution in [0.4, 0.5) is 0 Å². The molecular formula is C6H22KNSi4. The van der Waals surface area contributed by atoms with Gasteiger partial charge in [0.1, 0.15) is 0 Å². The van der Waals surface area contributed by atoms with Crippen molar-refractivity contribution in [1.29, 1.82) is 0 Å². The van der Waals surface area contributed by atoms with Gasteiger partial charge < -0.3 is 4.65 Å². The van der Waals surface area contributed by atoms with E-state index in [1.54, 1.807) is 0 Å². The van der Waals surface area contributed by atoms with Crippen LogP contribution in [0.2, 0.25) is 39.3 Å². The van der Waals surface area contributed by atoms with E-state index in [0.29, 0.717) is 0 Å². The Labute approximate surface area is 127 Å². The first-order valence-electron chi connectivity index (χ1n) is 4.34. The Kier molecular flexibility index (Phi) is 9.65. The quantitative estimate of drug-likeness (QED) is 0.529. The van der Waals surface area contributed by atoms with Gasteiger partial charge in [0.2, 0.25) is 0 Å². The van der Waals surface area contributed by atoms with E-state index in [1.165, 1.54) is 0 Å². The van der Waals surface area contributed by atoms with Crippen LogP contribution in [-0.4, -0.2) is 33.6 Å². The summed E-state index contributed by atoms with van der Waals surface area (Å²) >= 11 is 0. The molecule has 0 fully saturated rings. The first kappa shape index (κ1) is 16.9. The smallest absolute Gasteiger partial charge is 0.680 e. The standard InChI is InChI=1S/C6H22NSi4.K/c1-10(2,3)8-7-9-11(4,5)6;/h8-9H2,1-6H3;/q-1;+1. The first-order chi connectivity index (χ1) is 4.71. The molecule has 0 rings (SSSR count). The molecule has 0 heterocycles. The molecule has 0 aliphatic carbocycles. The summed E-state index contributed by atoms with van der Waals surface area (Å²) in [6.45, 7) is 14.8. The third-order valence-electron chi connectivity index (χ3n) is 1.17. The van der Waals surface area contributed by atoms with Crippen LogP contribution in [0.25, 0.3) is 4.65 Å². The van der Waals surface area contributed by atoms with Gasteiger partial charge in [-0.25, -0.2) is 0 Å². The average molecular weight is 260 g/mol. The molecule has 68 valence electrons. The predicted molar refractivity (Wildman–Crippen MR) is 67.1 cm³/mol. The summed E-state index contributed by atoms with van der Waals surface area (Å²) in [6.07, 6.45) is 0. The Bertz CT molecular complexity index is 104. The van der Waals surface area contributed by atoms with Crippen molar-refractivity contribution in [3.8, 4) is 0 Å². The van der Waals surface area contributed by atoms with Crippen molar-refractivity contribution in [3.63, 3.8) is 0 Å². The van der Waals surface area contributed by atoms with Gasteiger partial charge >= 0.3 is 51.4 Å². The summed E-state index contributed by atoms with van der Waals surface area (Å²) < 4.78 is 4.92. The van der Waals surface area contributed by atoms with Gasteiger partial charge in [-0.2, -0.15) is 0 Å². The van der Waals surface area contributed by atoms with Crippen molar-refractivity contribution in [2.75, 3.05) is 0 Å². The Morgan fingerprint density at radius 2 is 1.00 bits per heavy atom. The zero-order valence-electron chi connectivity index (χ0n) is 9.86. The molecule has 0 aromatic heterocycles. The minimum atomic E-state index is -0.728. The summed E-state index contributed by atoms with van der Waals surface area (Å²) in [7, 11) is -1.40. The molecule has 6 heteroatoms. The van der Waals surface area contributed by atoms with E-state index in [-0.39, 0.29) is 69.8 Å². The van der Waals surface area contributed by atoms with Crippen LogP contribution in [0.1, 0.15) is 0 Å².